The summed E-state index contributed by atoms with van der Waals surface area (Å²) in [5, 5.41) is -1.11. The highest BCUT2D eigenvalue weighted by Crippen LogP contribution is 2.37. The van der Waals surface area contributed by atoms with E-state index in [2.05, 4.69) is 20.5 Å². The zero-order chi connectivity index (χ0) is 6.78. The van der Waals surface area contributed by atoms with Crippen molar-refractivity contribution in [2.45, 2.75) is 5.14 Å². The molecule has 0 spiro atoms. The molecule has 0 saturated heterocycles. The van der Waals surface area contributed by atoms with E-state index >= 15 is 0 Å². The van der Waals surface area contributed by atoms with Crippen LogP contribution in [0.1, 0.15) is 0 Å². The summed E-state index contributed by atoms with van der Waals surface area (Å²) in [5.74, 6) is 0. The SMILES string of the molecule is NC(Br)OP(=O)(O)O. The molecule has 0 aromatic rings. The largest absolute Gasteiger partial charge is 0.471 e. The molecule has 0 heterocycles. The van der Waals surface area contributed by atoms with Crippen molar-refractivity contribution in [3.63, 3.8) is 0 Å². The number of phosphoric ester groups is 1. The third-order valence-corrected chi connectivity index (χ3v) is 1.22. The van der Waals surface area contributed by atoms with E-state index in [1.54, 1.807) is 0 Å². The van der Waals surface area contributed by atoms with Crippen LogP contribution in [0.3, 0.4) is 0 Å². The van der Waals surface area contributed by atoms with Gasteiger partial charge in [-0.15, -0.1) is 0 Å². The number of halogens is 1. The molecule has 0 radical (unpaired) electrons. The summed E-state index contributed by atoms with van der Waals surface area (Å²) in [6.45, 7) is 0. The molecule has 5 nitrogen and oxygen atoms in total. The van der Waals surface area contributed by atoms with E-state index in [0.29, 0.717) is 0 Å². The predicted octanol–water partition coefficient (Wildman–Crippen LogP) is -0.267. The van der Waals surface area contributed by atoms with Crippen LogP contribution in [0, 0.1) is 0 Å². The van der Waals surface area contributed by atoms with E-state index in [-0.39, 0.29) is 0 Å². The fraction of sp³-hybridized carbons (Fsp3) is 1.00. The van der Waals surface area contributed by atoms with Crippen LogP contribution in [0.4, 0.5) is 0 Å². The van der Waals surface area contributed by atoms with Crippen LogP contribution in [-0.2, 0) is 9.09 Å². The first kappa shape index (κ1) is 8.55. The summed E-state index contributed by atoms with van der Waals surface area (Å²) < 4.78 is 13.6. The highest BCUT2D eigenvalue weighted by Gasteiger charge is 2.16. The van der Waals surface area contributed by atoms with Gasteiger partial charge < -0.3 is 9.79 Å². The molecule has 0 aliphatic carbocycles. The maximum absolute atomic E-state index is 9.80. The Labute approximate surface area is 54.2 Å². The first-order chi connectivity index (χ1) is 3.42. The van der Waals surface area contributed by atoms with Crippen molar-refractivity contribution in [1.29, 1.82) is 0 Å². The second-order valence-corrected chi connectivity index (χ2v) is 3.04. The zero-order valence-electron chi connectivity index (χ0n) is 3.69. The molecule has 0 bridgehead atoms. The van der Waals surface area contributed by atoms with Gasteiger partial charge in [0.1, 0.15) is 0 Å². The second kappa shape index (κ2) is 2.91. The van der Waals surface area contributed by atoms with E-state index < -0.39 is 13.0 Å². The lowest BCUT2D eigenvalue weighted by molar-refractivity contribution is 0.189. The number of alkyl halides is 1. The van der Waals surface area contributed by atoms with Gasteiger partial charge in [-0.05, 0) is 15.9 Å². The number of phosphoric acid groups is 1. The van der Waals surface area contributed by atoms with Crippen molar-refractivity contribution < 1.29 is 18.9 Å². The zero-order valence-corrected chi connectivity index (χ0v) is 6.17. The molecule has 0 aliphatic rings. The molecule has 1 unspecified atom stereocenters. The fourth-order valence-electron chi connectivity index (χ4n) is 0.131. The Morgan fingerprint density at radius 1 is 1.75 bits per heavy atom. The Kier molecular flexibility index (Phi) is 3.11. The van der Waals surface area contributed by atoms with E-state index in [4.69, 9.17) is 15.5 Å². The summed E-state index contributed by atoms with van der Waals surface area (Å²) in [6.07, 6.45) is 0. The van der Waals surface area contributed by atoms with Crippen molar-refractivity contribution in [2.75, 3.05) is 0 Å². The summed E-state index contributed by atoms with van der Waals surface area (Å²) in [7, 11) is -4.39. The van der Waals surface area contributed by atoms with Crippen LogP contribution in [-0.4, -0.2) is 14.9 Å². The lowest BCUT2D eigenvalue weighted by Crippen LogP contribution is -2.13. The lowest BCUT2D eigenvalue weighted by atomic mass is 11.4. The minimum absolute atomic E-state index is 1.11. The van der Waals surface area contributed by atoms with Gasteiger partial charge in [0.05, 0.1) is 0 Å². The van der Waals surface area contributed by atoms with Crippen LogP contribution >= 0.6 is 23.8 Å². The van der Waals surface area contributed by atoms with Gasteiger partial charge in [-0.1, -0.05) is 0 Å². The first-order valence-corrected chi connectivity index (χ1v) is 4.00. The topological polar surface area (TPSA) is 92.8 Å². The van der Waals surface area contributed by atoms with Crippen molar-refractivity contribution in [3.8, 4) is 0 Å². The molecule has 8 heavy (non-hydrogen) atoms. The Morgan fingerprint density at radius 2 is 2.12 bits per heavy atom. The van der Waals surface area contributed by atoms with E-state index in [1.165, 1.54) is 0 Å². The molecule has 0 rings (SSSR count). The highest BCUT2D eigenvalue weighted by atomic mass is 79.9. The van der Waals surface area contributed by atoms with Crippen molar-refractivity contribution in [3.05, 3.63) is 0 Å². The third-order valence-electron chi connectivity index (χ3n) is 0.238. The van der Waals surface area contributed by atoms with Gasteiger partial charge in [-0.25, -0.2) is 4.57 Å². The maximum Gasteiger partial charge on any atom is 0.471 e. The summed E-state index contributed by atoms with van der Waals surface area (Å²) in [6, 6.07) is 0. The Hall–Kier alpha value is 0.550. The summed E-state index contributed by atoms with van der Waals surface area (Å²) in [5.41, 5.74) is 4.78. The quantitative estimate of drug-likeness (QED) is 0.250. The third kappa shape index (κ3) is 6.55. The standard InChI is InChI=1S/CH5BrNO4P/c2-1(3)7-8(4,5)6/h1H,3H2,(H2,4,5,6). The molecule has 0 aromatic heterocycles. The average molecular weight is 206 g/mol. The molecular weight excluding hydrogens is 201 g/mol. The van der Waals surface area contributed by atoms with Gasteiger partial charge in [0.25, 0.3) is 0 Å². The van der Waals surface area contributed by atoms with Crippen molar-refractivity contribution in [2.24, 2.45) is 5.73 Å². The van der Waals surface area contributed by atoms with Crippen LogP contribution in [0.2, 0.25) is 0 Å². The molecule has 0 aliphatic heterocycles. The van der Waals surface area contributed by atoms with Gasteiger partial charge >= 0.3 is 7.82 Å². The smallest absolute Gasteiger partial charge is 0.303 e. The Bertz CT molecular complexity index is 109. The molecule has 0 fully saturated rings. The first-order valence-electron chi connectivity index (χ1n) is 1.55. The second-order valence-electron chi connectivity index (χ2n) is 0.947. The number of hydrogen-bond donors (Lipinski definition) is 3. The maximum atomic E-state index is 9.80. The normalized spacial score (nSPS) is 16.0. The summed E-state index contributed by atoms with van der Waals surface area (Å²) in [4.78, 5) is 15.9. The highest BCUT2D eigenvalue weighted by molar-refractivity contribution is 9.09. The molecule has 4 N–H and O–H groups in total. The van der Waals surface area contributed by atoms with Gasteiger partial charge in [0.15, 0.2) is 5.14 Å². The van der Waals surface area contributed by atoms with E-state index in [0.717, 1.165) is 0 Å². The number of nitrogens with two attached hydrogens (primary N) is 1. The van der Waals surface area contributed by atoms with E-state index in [9.17, 15) is 4.57 Å². The van der Waals surface area contributed by atoms with Gasteiger partial charge in [-0.3, -0.25) is 10.3 Å². The van der Waals surface area contributed by atoms with Crippen LogP contribution in [0.25, 0.3) is 0 Å². The number of hydrogen-bond acceptors (Lipinski definition) is 3. The molecule has 0 aromatic carbocycles. The van der Waals surface area contributed by atoms with Gasteiger partial charge in [-0.2, -0.15) is 0 Å². The van der Waals surface area contributed by atoms with Crippen LogP contribution < -0.4 is 5.73 Å². The Balaban J connectivity index is 3.56. The molecule has 50 valence electrons. The molecular formula is CH5BrNO4P. The van der Waals surface area contributed by atoms with Crippen molar-refractivity contribution in [1.82, 2.24) is 0 Å². The fourth-order valence-corrected chi connectivity index (χ4v) is 1.05. The molecule has 1 atom stereocenters. The molecule has 7 heteroatoms. The van der Waals surface area contributed by atoms with Crippen molar-refractivity contribution >= 4 is 23.8 Å². The monoisotopic (exact) mass is 205 g/mol. The van der Waals surface area contributed by atoms with E-state index in [1.807, 2.05) is 0 Å². The summed E-state index contributed by atoms with van der Waals surface area (Å²) >= 11 is 2.57. The average Bonchev–Trinajstić information content (AvgIpc) is 1.21. The van der Waals surface area contributed by atoms with Gasteiger partial charge in [0.2, 0.25) is 0 Å². The Morgan fingerprint density at radius 3 is 2.12 bits per heavy atom. The van der Waals surface area contributed by atoms with Crippen LogP contribution in [0.5, 0.6) is 0 Å². The van der Waals surface area contributed by atoms with Gasteiger partial charge in [0, 0.05) is 0 Å². The van der Waals surface area contributed by atoms with Crippen LogP contribution in [0.15, 0.2) is 0 Å². The minimum atomic E-state index is -4.39. The lowest BCUT2D eigenvalue weighted by Gasteiger charge is -2.04. The minimum Gasteiger partial charge on any atom is -0.303 e. The predicted molar refractivity (Wildman–Crippen MR) is 30.0 cm³/mol. The molecule has 0 amide bonds. The molecule has 0 saturated carbocycles. The number of rotatable bonds is 2.